The molecule has 2 N–H and O–H groups in total. The minimum Gasteiger partial charge on any atom is -0.384 e. The summed E-state index contributed by atoms with van der Waals surface area (Å²) in [5.41, 5.74) is 5.51. The Hall–Kier alpha value is -1.23. The van der Waals surface area contributed by atoms with Gasteiger partial charge in [-0.05, 0) is 32.9 Å². The highest BCUT2D eigenvalue weighted by molar-refractivity contribution is 8.00. The molecule has 0 spiro atoms. The second kappa shape index (κ2) is 6.49. The van der Waals surface area contributed by atoms with Crippen LogP contribution in [0, 0.1) is 0 Å². The summed E-state index contributed by atoms with van der Waals surface area (Å²) in [7, 11) is 0. The molecule has 5 heteroatoms. The maximum atomic E-state index is 12.0. The predicted octanol–water partition coefficient (Wildman–Crippen LogP) is 2.01. The summed E-state index contributed by atoms with van der Waals surface area (Å²) in [6, 6.07) is 3.63. The molecule has 1 rings (SSSR count). The smallest absolute Gasteiger partial charge is 0.235 e. The predicted molar refractivity (Wildman–Crippen MR) is 71.9 cm³/mol. The van der Waals surface area contributed by atoms with Gasteiger partial charge in [0, 0.05) is 24.2 Å². The zero-order valence-electron chi connectivity index (χ0n) is 10.5. The van der Waals surface area contributed by atoms with E-state index in [-0.39, 0.29) is 11.2 Å². The number of hydrogen-bond acceptors (Lipinski definition) is 4. The molecular weight excluding hydrogens is 234 g/mol. The molecule has 1 atom stereocenters. The van der Waals surface area contributed by atoms with E-state index < -0.39 is 0 Å². The van der Waals surface area contributed by atoms with Crippen molar-refractivity contribution in [3.63, 3.8) is 0 Å². The summed E-state index contributed by atoms with van der Waals surface area (Å²) in [6.45, 7) is 7.40. The van der Waals surface area contributed by atoms with Crippen LogP contribution < -0.4 is 5.73 Å². The monoisotopic (exact) mass is 253 g/mol. The first-order chi connectivity index (χ1) is 8.08. The maximum Gasteiger partial charge on any atom is 0.235 e. The fourth-order valence-corrected chi connectivity index (χ4v) is 2.43. The van der Waals surface area contributed by atoms with Gasteiger partial charge in [0.05, 0.1) is 5.25 Å². The lowest BCUT2D eigenvalue weighted by atomic mass is 10.4. The van der Waals surface area contributed by atoms with Crippen molar-refractivity contribution in [1.82, 2.24) is 9.88 Å². The quantitative estimate of drug-likeness (QED) is 0.816. The van der Waals surface area contributed by atoms with Crippen molar-refractivity contribution in [3.8, 4) is 0 Å². The van der Waals surface area contributed by atoms with Crippen molar-refractivity contribution in [2.75, 3.05) is 18.8 Å². The van der Waals surface area contributed by atoms with E-state index in [0.717, 1.165) is 18.0 Å². The number of rotatable bonds is 5. The van der Waals surface area contributed by atoms with Gasteiger partial charge in [0.25, 0.3) is 0 Å². The molecule has 0 saturated carbocycles. The molecule has 0 aromatic carbocycles. The molecule has 1 aromatic heterocycles. The number of anilines is 1. The van der Waals surface area contributed by atoms with Crippen molar-refractivity contribution >= 4 is 23.5 Å². The van der Waals surface area contributed by atoms with Crippen molar-refractivity contribution in [1.29, 1.82) is 0 Å². The molecule has 0 saturated heterocycles. The molecule has 17 heavy (non-hydrogen) atoms. The average Bonchev–Trinajstić information content (AvgIpc) is 2.33. The Kier molecular flexibility index (Phi) is 5.28. The molecule has 0 fully saturated rings. The van der Waals surface area contributed by atoms with Gasteiger partial charge >= 0.3 is 0 Å². The Morgan fingerprint density at radius 1 is 1.47 bits per heavy atom. The number of thioether (sulfide) groups is 1. The molecule has 0 bridgehead atoms. The van der Waals surface area contributed by atoms with E-state index in [2.05, 4.69) is 4.98 Å². The standard InChI is InChI=1S/C12H19N3OS/c1-4-15(5-2)12(16)9(3)17-10-6-7-11(13)14-8-10/h6-9H,4-5H2,1-3H3,(H2,13,14). The number of aromatic nitrogens is 1. The van der Waals surface area contributed by atoms with Crippen LogP contribution in [0.25, 0.3) is 0 Å². The molecule has 1 unspecified atom stereocenters. The van der Waals surface area contributed by atoms with Crippen LogP contribution in [0.15, 0.2) is 23.2 Å². The first-order valence-electron chi connectivity index (χ1n) is 5.75. The van der Waals surface area contributed by atoms with Crippen molar-refractivity contribution in [2.24, 2.45) is 0 Å². The summed E-state index contributed by atoms with van der Waals surface area (Å²) in [6.07, 6.45) is 1.70. The summed E-state index contributed by atoms with van der Waals surface area (Å²) < 4.78 is 0. The van der Waals surface area contributed by atoms with Crippen LogP contribution in [-0.2, 0) is 4.79 Å². The molecule has 0 aliphatic heterocycles. The highest BCUT2D eigenvalue weighted by atomic mass is 32.2. The first kappa shape index (κ1) is 13.8. The highest BCUT2D eigenvalue weighted by Gasteiger charge is 2.19. The van der Waals surface area contributed by atoms with Gasteiger partial charge in [-0.15, -0.1) is 11.8 Å². The van der Waals surface area contributed by atoms with Crippen LogP contribution in [0.4, 0.5) is 5.82 Å². The maximum absolute atomic E-state index is 12.0. The lowest BCUT2D eigenvalue weighted by Crippen LogP contribution is -2.36. The number of carbonyl (C=O) groups excluding carboxylic acids is 1. The molecule has 94 valence electrons. The third kappa shape index (κ3) is 3.93. The van der Waals surface area contributed by atoms with Crippen LogP contribution in [0.2, 0.25) is 0 Å². The number of pyridine rings is 1. The van der Waals surface area contributed by atoms with Crippen LogP contribution in [-0.4, -0.2) is 34.1 Å². The van der Waals surface area contributed by atoms with E-state index in [1.807, 2.05) is 31.7 Å². The summed E-state index contributed by atoms with van der Waals surface area (Å²) in [4.78, 5) is 18.8. The van der Waals surface area contributed by atoms with E-state index in [9.17, 15) is 4.79 Å². The second-order valence-electron chi connectivity index (χ2n) is 3.69. The average molecular weight is 253 g/mol. The zero-order chi connectivity index (χ0) is 12.8. The van der Waals surface area contributed by atoms with Gasteiger partial charge < -0.3 is 10.6 Å². The highest BCUT2D eigenvalue weighted by Crippen LogP contribution is 2.24. The number of hydrogen-bond donors (Lipinski definition) is 1. The van der Waals surface area contributed by atoms with Gasteiger partial charge in [-0.25, -0.2) is 4.98 Å². The van der Waals surface area contributed by atoms with Gasteiger partial charge in [0.15, 0.2) is 0 Å². The number of carbonyl (C=O) groups is 1. The third-order valence-corrected chi connectivity index (χ3v) is 3.56. The van der Waals surface area contributed by atoms with E-state index in [0.29, 0.717) is 5.82 Å². The normalized spacial score (nSPS) is 12.2. The fraction of sp³-hybridized carbons (Fsp3) is 0.500. The molecular formula is C12H19N3OS. The topological polar surface area (TPSA) is 59.2 Å². The molecule has 0 radical (unpaired) electrons. The van der Waals surface area contributed by atoms with Crippen LogP contribution in [0.3, 0.4) is 0 Å². The molecule has 1 aromatic rings. The SMILES string of the molecule is CCN(CC)C(=O)C(C)Sc1ccc(N)nc1. The van der Waals surface area contributed by atoms with Gasteiger partial charge in [-0.1, -0.05) is 0 Å². The molecule has 4 nitrogen and oxygen atoms in total. The first-order valence-corrected chi connectivity index (χ1v) is 6.63. The Balaban J connectivity index is 2.62. The molecule has 1 amide bonds. The number of nitrogen functional groups attached to an aromatic ring is 1. The van der Waals surface area contributed by atoms with Crippen LogP contribution in [0.5, 0.6) is 0 Å². The number of nitrogens with zero attached hydrogens (tertiary/aromatic N) is 2. The fourth-order valence-electron chi connectivity index (χ4n) is 1.51. The van der Waals surface area contributed by atoms with Gasteiger partial charge in [0.1, 0.15) is 5.82 Å². The van der Waals surface area contributed by atoms with Crippen molar-refractivity contribution in [2.45, 2.75) is 30.9 Å². The van der Waals surface area contributed by atoms with Gasteiger partial charge in [-0.2, -0.15) is 0 Å². The summed E-state index contributed by atoms with van der Waals surface area (Å²) in [5.74, 6) is 0.661. The summed E-state index contributed by atoms with van der Waals surface area (Å²) >= 11 is 1.51. The van der Waals surface area contributed by atoms with Crippen molar-refractivity contribution < 1.29 is 4.79 Å². The van der Waals surface area contributed by atoms with E-state index >= 15 is 0 Å². The lowest BCUT2D eigenvalue weighted by molar-refractivity contribution is -0.129. The van der Waals surface area contributed by atoms with Gasteiger partial charge in [-0.3, -0.25) is 4.79 Å². The zero-order valence-corrected chi connectivity index (χ0v) is 11.3. The lowest BCUT2D eigenvalue weighted by Gasteiger charge is -2.22. The van der Waals surface area contributed by atoms with Crippen molar-refractivity contribution in [3.05, 3.63) is 18.3 Å². The second-order valence-corrected chi connectivity index (χ2v) is 5.10. The number of amides is 1. The number of nitrogens with two attached hydrogens (primary N) is 1. The largest absolute Gasteiger partial charge is 0.384 e. The van der Waals surface area contributed by atoms with E-state index in [1.165, 1.54) is 11.8 Å². The Morgan fingerprint density at radius 2 is 2.12 bits per heavy atom. The minimum absolute atomic E-state index is 0.0969. The van der Waals surface area contributed by atoms with Gasteiger partial charge in [0.2, 0.25) is 5.91 Å². The third-order valence-electron chi connectivity index (χ3n) is 2.49. The Morgan fingerprint density at radius 3 is 2.59 bits per heavy atom. The van der Waals surface area contributed by atoms with E-state index in [1.54, 1.807) is 12.3 Å². The van der Waals surface area contributed by atoms with Crippen LogP contribution in [0.1, 0.15) is 20.8 Å². The van der Waals surface area contributed by atoms with E-state index in [4.69, 9.17) is 5.73 Å². The molecule has 0 aliphatic rings. The Bertz CT molecular complexity index is 363. The minimum atomic E-state index is -0.0969. The molecule has 0 aliphatic carbocycles. The Labute approximate surface area is 107 Å². The van der Waals surface area contributed by atoms with Crippen LogP contribution >= 0.6 is 11.8 Å². The molecule has 1 heterocycles. The summed E-state index contributed by atoms with van der Waals surface area (Å²) in [5, 5.41) is -0.0969.